The molecule has 0 radical (unpaired) electrons. The fraction of sp³-hybridized carbons (Fsp3) is 0.577. The highest BCUT2D eigenvalue weighted by molar-refractivity contribution is 6.23. The lowest BCUT2D eigenvalue weighted by Gasteiger charge is -2.36. The summed E-state index contributed by atoms with van der Waals surface area (Å²) in [5.74, 6) is -2.02. The summed E-state index contributed by atoms with van der Waals surface area (Å²) in [7, 11) is 0. The molecule has 12 nitrogen and oxygen atoms in total. The molecule has 5 amide bonds. The molecule has 1 aromatic carbocycles. The zero-order chi connectivity index (χ0) is 27.4. The fourth-order valence-electron chi connectivity index (χ4n) is 4.72. The predicted octanol–water partition coefficient (Wildman–Crippen LogP) is 0.751. The molecular weight excluding hydrogens is 494 g/mol. The summed E-state index contributed by atoms with van der Waals surface area (Å²) in [5, 5.41) is 4.87. The van der Waals surface area contributed by atoms with Gasteiger partial charge in [0.05, 0.1) is 24.3 Å². The number of nitrogens with one attached hydrogen (secondary N) is 2. The number of imide groups is 2. The molecule has 1 aromatic rings. The predicted molar refractivity (Wildman–Crippen MR) is 137 cm³/mol. The molecule has 206 valence electrons. The Morgan fingerprint density at radius 1 is 1.03 bits per heavy atom. The van der Waals surface area contributed by atoms with Gasteiger partial charge in [-0.15, -0.1) is 0 Å². The van der Waals surface area contributed by atoms with E-state index in [2.05, 4.69) is 20.4 Å². The highest BCUT2D eigenvalue weighted by Gasteiger charge is 2.44. The van der Waals surface area contributed by atoms with Crippen LogP contribution in [0.1, 0.15) is 54.3 Å². The van der Waals surface area contributed by atoms with Crippen molar-refractivity contribution >= 4 is 35.4 Å². The Morgan fingerprint density at radius 2 is 1.74 bits per heavy atom. The van der Waals surface area contributed by atoms with E-state index >= 15 is 0 Å². The Hall–Kier alpha value is -3.51. The number of nitrogens with zero attached hydrogens (tertiary/aromatic N) is 3. The van der Waals surface area contributed by atoms with Crippen molar-refractivity contribution in [2.75, 3.05) is 57.4 Å². The van der Waals surface area contributed by atoms with E-state index in [9.17, 15) is 24.0 Å². The van der Waals surface area contributed by atoms with Crippen molar-refractivity contribution in [3.05, 3.63) is 29.3 Å². The minimum absolute atomic E-state index is 0.0906. The maximum absolute atomic E-state index is 13.1. The zero-order valence-corrected chi connectivity index (χ0v) is 22.1. The number of anilines is 1. The molecule has 2 fully saturated rings. The minimum atomic E-state index is -0.970. The van der Waals surface area contributed by atoms with Crippen molar-refractivity contribution in [1.29, 1.82) is 0 Å². The molecule has 0 aliphatic carbocycles. The number of hydrogen-bond acceptors (Lipinski definition) is 9. The number of carbonyl (C=O) groups is 5. The Labute approximate surface area is 221 Å². The smallest absolute Gasteiger partial charge is 0.407 e. The third-order valence-corrected chi connectivity index (χ3v) is 6.63. The van der Waals surface area contributed by atoms with Gasteiger partial charge in [0.1, 0.15) is 11.6 Å². The number of hydrogen-bond donors (Lipinski definition) is 2. The van der Waals surface area contributed by atoms with Crippen LogP contribution in [0.2, 0.25) is 0 Å². The first kappa shape index (κ1) is 27.5. The normalized spacial score (nSPS) is 20.4. The lowest BCUT2D eigenvalue weighted by molar-refractivity contribution is -0.136. The molecule has 0 saturated carbocycles. The Bertz CT molecular complexity index is 1110. The van der Waals surface area contributed by atoms with Crippen LogP contribution < -0.4 is 15.5 Å². The van der Waals surface area contributed by atoms with Gasteiger partial charge in [0.2, 0.25) is 11.8 Å². The molecular formula is C26H35N5O7. The molecule has 4 rings (SSSR count). The summed E-state index contributed by atoms with van der Waals surface area (Å²) in [5.41, 5.74) is 0.878. The van der Waals surface area contributed by atoms with Gasteiger partial charge >= 0.3 is 6.09 Å². The first-order valence-corrected chi connectivity index (χ1v) is 12.9. The average molecular weight is 530 g/mol. The second-order valence-corrected chi connectivity index (χ2v) is 10.5. The fourth-order valence-corrected chi connectivity index (χ4v) is 4.72. The van der Waals surface area contributed by atoms with E-state index in [1.807, 2.05) is 26.8 Å². The van der Waals surface area contributed by atoms with E-state index < -0.39 is 41.4 Å². The van der Waals surface area contributed by atoms with Crippen LogP contribution in [0, 0.1) is 0 Å². The number of rotatable bonds is 8. The topological polar surface area (TPSA) is 138 Å². The molecule has 0 spiro atoms. The number of ether oxygens (including phenoxy) is 2. The van der Waals surface area contributed by atoms with Crippen LogP contribution in [0.4, 0.5) is 10.5 Å². The standard InChI is InChI=1S/C26H35N5O7/c1-26(2,3)38-25(36)27-8-14-37-15-13-29-9-11-30(12-10-29)17-4-5-18-19(16-17)24(35)31(23(18)34)20-6-7-21(32)28-22(20)33/h4-5,16,20H,6-15H2,1-3H3,(H,27,36)(H,28,32,33). The van der Waals surface area contributed by atoms with Crippen LogP contribution in [0.3, 0.4) is 0 Å². The van der Waals surface area contributed by atoms with Crippen LogP contribution in [0.25, 0.3) is 0 Å². The van der Waals surface area contributed by atoms with Crippen LogP contribution in [0.5, 0.6) is 0 Å². The third kappa shape index (κ3) is 6.48. The van der Waals surface area contributed by atoms with Gasteiger partial charge in [-0.3, -0.25) is 34.3 Å². The van der Waals surface area contributed by atoms with Crippen molar-refractivity contribution in [2.45, 2.75) is 45.3 Å². The highest BCUT2D eigenvalue weighted by atomic mass is 16.6. The minimum Gasteiger partial charge on any atom is -0.444 e. The third-order valence-electron chi connectivity index (χ3n) is 6.63. The average Bonchev–Trinajstić information content (AvgIpc) is 3.10. The molecule has 3 aliphatic heterocycles. The van der Waals surface area contributed by atoms with E-state index in [-0.39, 0.29) is 24.0 Å². The van der Waals surface area contributed by atoms with Crippen molar-refractivity contribution in [2.24, 2.45) is 0 Å². The summed E-state index contributed by atoms with van der Waals surface area (Å²) in [6, 6.07) is 4.22. The first-order valence-electron chi connectivity index (χ1n) is 12.9. The SMILES string of the molecule is CC(C)(C)OC(=O)NCCOCCN1CCN(c2ccc3c(c2)C(=O)N(C2CCC(=O)NC2=O)C3=O)CC1. The van der Waals surface area contributed by atoms with Crippen molar-refractivity contribution in [3.63, 3.8) is 0 Å². The Kier molecular flexibility index (Phi) is 8.32. The molecule has 2 saturated heterocycles. The van der Waals surface area contributed by atoms with Crippen molar-refractivity contribution in [1.82, 2.24) is 20.4 Å². The van der Waals surface area contributed by atoms with Crippen LogP contribution in [-0.2, 0) is 19.1 Å². The number of alkyl carbamates (subject to hydrolysis) is 1. The molecule has 0 aromatic heterocycles. The second kappa shape index (κ2) is 11.5. The largest absolute Gasteiger partial charge is 0.444 e. The molecule has 1 unspecified atom stereocenters. The van der Waals surface area contributed by atoms with E-state index in [1.165, 1.54) is 0 Å². The van der Waals surface area contributed by atoms with E-state index in [1.54, 1.807) is 12.1 Å². The van der Waals surface area contributed by atoms with Gasteiger partial charge in [0, 0.05) is 51.4 Å². The number of piperidine rings is 1. The van der Waals surface area contributed by atoms with Gasteiger partial charge in [-0.2, -0.15) is 0 Å². The number of carbonyl (C=O) groups excluding carboxylic acids is 5. The van der Waals surface area contributed by atoms with Gasteiger partial charge in [0.15, 0.2) is 0 Å². The van der Waals surface area contributed by atoms with Gasteiger partial charge in [-0.05, 0) is 45.4 Å². The summed E-state index contributed by atoms with van der Waals surface area (Å²) >= 11 is 0. The molecule has 0 bridgehead atoms. The summed E-state index contributed by atoms with van der Waals surface area (Å²) in [6.45, 7) is 10.6. The van der Waals surface area contributed by atoms with Crippen molar-refractivity contribution in [3.8, 4) is 0 Å². The number of fused-ring (bicyclic) bond motifs is 1. The lowest BCUT2D eigenvalue weighted by atomic mass is 10.0. The second-order valence-electron chi connectivity index (χ2n) is 10.5. The summed E-state index contributed by atoms with van der Waals surface area (Å²) < 4.78 is 10.8. The number of piperazine rings is 1. The summed E-state index contributed by atoms with van der Waals surface area (Å²) in [4.78, 5) is 66.8. The van der Waals surface area contributed by atoms with E-state index in [0.717, 1.165) is 43.3 Å². The monoisotopic (exact) mass is 529 g/mol. The first-order chi connectivity index (χ1) is 18.0. The lowest BCUT2D eigenvalue weighted by Crippen LogP contribution is -2.54. The maximum Gasteiger partial charge on any atom is 0.407 e. The van der Waals surface area contributed by atoms with Gasteiger partial charge in [-0.25, -0.2) is 4.79 Å². The maximum atomic E-state index is 13.1. The van der Waals surface area contributed by atoms with E-state index in [4.69, 9.17) is 9.47 Å². The van der Waals surface area contributed by atoms with Gasteiger partial charge in [0.25, 0.3) is 11.8 Å². The molecule has 3 heterocycles. The van der Waals surface area contributed by atoms with E-state index in [0.29, 0.717) is 19.8 Å². The Morgan fingerprint density at radius 3 is 2.42 bits per heavy atom. The highest BCUT2D eigenvalue weighted by Crippen LogP contribution is 2.31. The van der Waals surface area contributed by atoms with Gasteiger partial charge in [-0.1, -0.05) is 0 Å². The van der Waals surface area contributed by atoms with Crippen LogP contribution in [0.15, 0.2) is 18.2 Å². The molecule has 1 atom stereocenters. The number of benzene rings is 1. The van der Waals surface area contributed by atoms with Crippen molar-refractivity contribution < 1.29 is 33.4 Å². The Balaban J connectivity index is 1.22. The molecule has 38 heavy (non-hydrogen) atoms. The van der Waals surface area contributed by atoms with Crippen LogP contribution >= 0.6 is 0 Å². The quantitative estimate of drug-likeness (QED) is 0.369. The van der Waals surface area contributed by atoms with Gasteiger partial charge < -0.3 is 19.7 Å². The molecule has 12 heteroatoms. The zero-order valence-electron chi connectivity index (χ0n) is 22.1. The summed E-state index contributed by atoms with van der Waals surface area (Å²) in [6.07, 6.45) is -0.235. The molecule has 2 N–H and O–H groups in total. The molecule has 3 aliphatic rings. The van der Waals surface area contributed by atoms with Crippen LogP contribution in [-0.4, -0.2) is 104 Å². The number of amides is 5.